The molecule has 3 heteroatoms. The molecule has 3 nitrogen and oxygen atoms in total. The van der Waals surface area contributed by atoms with Crippen LogP contribution in [0, 0.1) is 0 Å². The number of aromatic nitrogens is 1. The van der Waals surface area contributed by atoms with Gasteiger partial charge in [0.05, 0.1) is 11.2 Å². The first kappa shape index (κ1) is 18.1. The molecule has 2 aromatic heterocycles. The number of carbonyl (C=O) groups is 1. The zero-order valence-electron chi connectivity index (χ0n) is 16.3. The summed E-state index contributed by atoms with van der Waals surface area (Å²) in [6.07, 6.45) is 1.96. The summed E-state index contributed by atoms with van der Waals surface area (Å²) in [4.78, 5) is 15.6. The van der Waals surface area contributed by atoms with Crippen molar-refractivity contribution in [1.29, 1.82) is 0 Å². The van der Waals surface area contributed by atoms with Gasteiger partial charge in [0.25, 0.3) is 0 Å². The van der Waals surface area contributed by atoms with Crippen molar-refractivity contribution in [3.63, 3.8) is 0 Å². The molecule has 0 aliphatic heterocycles. The Hall–Kier alpha value is -3.33. The highest BCUT2D eigenvalue weighted by atomic mass is 16.1. The molecule has 0 atom stereocenters. The quantitative estimate of drug-likeness (QED) is 0.409. The summed E-state index contributed by atoms with van der Waals surface area (Å²) in [6, 6.07) is 26.2. The molecular formula is C25H24N2O. The van der Waals surface area contributed by atoms with Gasteiger partial charge in [-0.25, -0.2) is 0 Å². The topological polar surface area (TPSA) is 24.7 Å². The highest BCUT2D eigenvalue weighted by Crippen LogP contribution is 2.29. The summed E-state index contributed by atoms with van der Waals surface area (Å²) in [5.41, 5.74) is 5.76. The maximum atomic E-state index is 13.3. The summed E-state index contributed by atoms with van der Waals surface area (Å²) in [7, 11) is 0. The fraction of sp³-hybridized carbons (Fsp3) is 0.160. The summed E-state index contributed by atoms with van der Waals surface area (Å²) >= 11 is 0. The molecular weight excluding hydrogens is 344 g/mol. The highest BCUT2D eigenvalue weighted by Gasteiger charge is 2.17. The number of pyridine rings is 1. The standard InChI is InChI=1S/C25H24N2O/c1-3-26(4-2)21-15-13-20(14-16-21)25(28)24-18-22(19-10-6-5-7-11-19)23-12-8-9-17-27(23)24/h5-18H,3-4H2,1-2H3. The lowest BCUT2D eigenvalue weighted by Crippen LogP contribution is -2.21. The first-order chi connectivity index (χ1) is 13.7. The van der Waals surface area contributed by atoms with Crippen LogP contribution < -0.4 is 4.90 Å². The van der Waals surface area contributed by atoms with Gasteiger partial charge in [-0.2, -0.15) is 0 Å². The average molecular weight is 368 g/mol. The number of ketones is 1. The Morgan fingerprint density at radius 2 is 1.54 bits per heavy atom. The van der Waals surface area contributed by atoms with Crippen molar-refractivity contribution < 1.29 is 4.79 Å². The van der Waals surface area contributed by atoms with Crippen LogP contribution >= 0.6 is 0 Å². The third-order valence-corrected chi connectivity index (χ3v) is 5.25. The monoisotopic (exact) mass is 368 g/mol. The molecule has 0 N–H and O–H groups in total. The molecule has 0 bridgehead atoms. The molecule has 0 amide bonds. The van der Waals surface area contributed by atoms with E-state index < -0.39 is 0 Å². The lowest BCUT2D eigenvalue weighted by Gasteiger charge is -2.21. The van der Waals surface area contributed by atoms with E-state index in [2.05, 4.69) is 36.9 Å². The normalized spacial score (nSPS) is 10.9. The number of fused-ring (bicyclic) bond motifs is 1. The fourth-order valence-corrected chi connectivity index (χ4v) is 3.74. The van der Waals surface area contributed by atoms with Gasteiger partial charge < -0.3 is 9.30 Å². The number of rotatable bonds is 6. The SMILES string of the molecule is CCN(CC)c1ccc(C(=O)c2cc(-c3ccccc3)c3ccccn23)cc1. The second kappa shape index (κ2) is 7.73. The second-order valence-corrected chi connectivity index (χ2v) is 6.81. The van der Waals surface area contributed by atoms with Crippen molar-refractivity contribution in [3.05, 3.63) is 96.3 Å². The third kappa shape index (κ3) is 3.20. The predicted octanol–water partition coefficient (Wildman–Crippen LogP) is 5.68. The Morgan fingerprint density at radius 1 is 0.857 bits per heavy atom. The minimum absolute atomic E-state index is 0.0366. The van der Waals surface area contributed by atoms with Gasteiger partial charge in [0.1, 0.15) is 0 Å². The van der Waals surface area contributed by atoms with Crippen LogP contribution in [0.2, 0.25) is 0 Å². The van der Waals surface area contributed by atoms with Gasteiger partial charge in [-0.05, 0) is 61.9 Å². The van der Waals surface area contributed by atoms with Crippen molar-refractivity contribution in [1.82, 2.24) is 4.40 Å². The Kier molecular flexibility index (Phi) is 4.98. The van der Waals surface area contributed by atoms with E-state index in [0.717, 1.165) is 35.4 Å². The molecule has 0 saturated carbocycles. The Balaban J connectivity index is 1.76. The van der Waals surface area contributed by atoms with Crippen molar-refractivity contribution in [3.8, 4) is 11.1 Å². The molecule has 140 valence electrons. The zero-order chi connectivity index (χ0) is 19.5. The molecule has 4 rings (SSSR count). The Morgan fingerprint density at radius 3 is 2.21 bits per heavy atom. The maximum absolute atomic E-state index is 13.3. The molecule has 0 unspecified atom stereocenters. The fourth-order valence-electron chi connectivity index (χ4n) is 3.74. The van der Waals surface area contributed by atoms with Gasteiger partial charge in [0.15, 0.2) is 0 Å². The molecule has 2 heterocycles. The molecule has 4 aromatic rings. The summed E-state index contributed by atoms with van der Waals surface area (Å²) < 4.78 is 1.99. The lowest BCUT2D eigenvalue weighted by molar-refractivity contribution is 0.103. The lowest BCUT2D eigenvalue weighted by atomic mass is 10.0. The first-order valence-electron chi connectivity index (χ1n) is 9.78. The van der Waals surface area contributed by atoms with E-state index in [1.807, 2.05) is 71.3 Å². The van der Waals surface area contributed by atoms with Crippen LogP contribution in [0.4, 0.5) is 5.69 Å². The summed E-state index contributed by atoms with van der Waals surface area (Å²) in [6.45, 7) is 6.18. The van der Waals surface area contributed by atoms with Crippen LogP contribution in [0.25, 0.3) is 16.6 Å². The summed E-state index contributed by atoms with van der Waals surface area (Å²) in [5.74, 6) is 0.0366. The van der Waals surface area contributed by atoms with Crippen molar-refractivity contribution >= 4 is 17.0 Å². The van der Waals surface area contributed by atoms with Gasteiger partial charge >= 0.3 is 0 Å². The Bertz CT molecular complexity index is 1090. The number of anilines is 1. The van der Waals surface area contributed by atoms with Gasteiger partial charge in [0.2, 0.25) is 5.78 Å². The van der Waals surface area contributed by atoms with Gasteiger partial charge in [-0.3, -0.25) is 4.79 Å². The van der Waals surface area contributed by atoms with E-state index in [1.165, 1.54) is 0 Å². The summed E-state index contributed by atoms with van der Waals surface area (Å²) in [5, 5.41) is 0. The van der Waals surface area contributed by atoms with E-state index in [-0.39, 0.29) is 5.78 Å². The number of carbonyl (C=O) groups excluding carboxylic acids is 1. The minimum atomic E-state index is 0.0366. The molecule has 0 fully saturated rings. The molecule has 0 saturated heterocycles. The van der Waals surface area contributed by atoms with E-state index in [1.54, 1.807) is 0 Å². The van der Waals surface area contributed by atoms with Gasteiger partial charge in [0, 0.05) is 36.1 Å². The van der Waals surface area contributed by atoms with Gasteiger partial charge in [-0.1, -0.05) is 36.4 Å². The van der Waals surface area contributed by atoms with Crippen LogP contribution in [0.3, 0.4) is 0 Å². The van der Waals surface area contributed by atoms with E-state index in [9.17, 15) is 4.79 Å². The van der Waals surface area contributed by atoms with Crippen LogP contribution in [0.1, 0.15) is 29.9 Å². The number of benzene rings is 2. The van der Waals surface area contributed by atoms with Gasteiger partial charge in [-0.15, -0.1) is 0 Å². The van der Waals surface area contributed by atoms with Crippen LogP contribution in [0.5, 0.6) is 0 Å². The molecule has 0 radical (unpaired) electrons. The molecule has 0 spiro atoms. The third-order valence-electron chi connectivity index (χ3n) is 5.25. The van der Waals surface area contributed by atoms with Crippen molar-refractivity contribution in [2.24, 2.45) is 0 Å². The minimum Gasteiger partial charge on any atom is -0.372 e. The van der Waals surface area contributed by atoms with Crippen LogP contribution in [0.15, 0.2) is 85.1 Å². The number of hydrogen-bond donors (Lipinski definition) is 0. The number of hydrogen-bond acceptors (Lipinski definition) is 2. The molecule has 0 aliphatic carbocycles. The maximum Gasteiger partial charge on any atom is 0.209 e. The molecule has 0 aliphatic rings. The number of nitrogens with zero attached hydrogens (tertiary/aromatic N) is 2. The largest absolute Gasteiger partial charge is 0.372 e. The predicted molar refractivity (Wildman–Crippen MR) is 116 cm³/mol. The zero-order valence-corrected chi connectivity index (χ0v) is 16.3. The van der Waals surface area contributed by atoms with E-state index in [0.29, 0.717) is 11.3 Å². The van der Waals surface area contributed by atoms with Crippen molar-refractivity contribution in [2.75, 3.05) is 18.0 Å². The molecule has 2 aromatic carbocycles. The average Bonchev–Trinajstić information content (AvgIpc) is 3.15. The highest BCUT2D eigenvalue weighted by molar-refractivity contribution is 6.10. The van der Waals surface area contributed by atoms with Crippen LogP contribution in [-0.4, -0.2) is 23.3 Å². The first-order valence-corrected chi connectivity index (χ1v) is 9.78. The Labute approximate surface area is 165 Å². The van der Waals surface area contributed by atoms with E-state index in [4.69, 9.17) is 0 Å². The van der Waals surface area contributed by atoms with E-state index >= 15 is 0 Å². The second-order valence-electron chi connectivity index (χ2n) is 6.81. The molecule has 28 heavy (non-hydrogen) atoms. The van der Waals surface area contributed by atoms with Crippen molar-refractivity contribution in [2.45, 2.75) is 13.8 Å². The van der Waals surface area contributed by atoms with Crippen LogP contribution in [-0.2, 0) is 0 Å². The smallest absolute Gasteiger partial charge is 0.209 e.